The van der Waals surface area contributed by atoms with Gasteiger partial charge in [0.1, 0.15) is 12.1 Å². The zero-order chi connectivity index (χ0) is 22.3. The molecule has 1 unspecified atom stereocenters. The van der Waals surface area contributed by atoms with E-state index in [2.05, 4.69) is 4.98 Å². The Bertz CT molecular complexity index is 951. The molecule has 1 aromatic carbocycles. The van der Waals surface area contributed by atoms with E-state index in [0.717, 1.165) is 25.7 Å². The summed E-state index contributed by atoms with van der Waals surface area (Å²) in [5.74, 6) is 0.827. The third-order valence-corrected chi connectivity index (χ3v) is 5.75. The molecular formula is C24H29N3O5. The molecule has 1 atom stereocenters. The molecule has 0 saturated carbocycles. The number of piperidine rings is 1. The number of pyridine rings is 1. The first-order valence-electron chi connectivity index (χ1n) is 11.2. The number of β-amino-alcohol motifs (C(OH)–C–C–N with tert-alkyl or cyclic N) is 1. The van der Waals surface area contributed by atoms with E-state index in [1.807, 2.05) is 18.2 Å². The topological polar surface area (TPSA) is 92.2 Å². The van der Waals surface area contributed by atoms with E-state index in [1.165, 1.54) is 0 Å². The van der Waals surface area contributed by atoms with Crippen molar-refractivity contribution in [2.45, 2.75) is 38.2 Å². The van der Waals surface area contributed by atoms with Crippen molar-refractivity contribution in [2.24, 2.45) is 0 Å². The molecule has 2 aromatic rings. The average molecular weight is 440 g/mol. The van der Waals surface area contributed by atoms with Gasteiger partial charge < -0.3 is 24.4 Å². The van der Waals surface area contributed by atoms with Crippen molar-refractivity contribution in [3.05, 3.63) is 48.2 Å². The molecule has 1 saturated heterocycles. The lowest BCUT2D eigenvalue weighted by molar-refractivity contribution is -0.134. The first kappa shape index (κ1) is 22.1. The second-order valence-electron chi connectivity index (χ2n) is 8.18. The van der Waals surface area contributed by atoms with Gasteiger partial charge in [-0.1, -0.05) is 12.1 Å². The second-order valence-corrected chi connectivity index (χ2v) is 8.18. The third-order valence-electron chi connectivity index (χ3n) is 5.75. The van der Waals surface area contributed by atoms with Crippen LogP contribution < -0.4 is 9.47 Å². The van der Waals surface area contributed by atoms with Gasteiger partial charge in [0.2, 0.25) is 11.8 Å². The van der Waals surface area contributed by atoms with Gasteiger partial charge in [-0.3, -0.25) is 9.59 Å². The van der Waals surface area contributed by atoms with Crippen LogP contribution in [-0.2, 0) is 4.79 Å². The molecular weight excluding hydrogens is 410 g/mol. The van der Waals surface area contributed by atoms with Crippen LogP contribution in [0.1, 0.15) is 42.5 Å². The van der Waals surface area contributed by atoms with Crippen molar-refractivity contribution < 1.29 is 24.2 Å². The highest BCUT2D eigenvalue weighted by atomic mass is 16.5. The van der Waals surface area contributed by atoms with Gasteiger partial charge in [0.05, 0.1) is 12.7 Å². The molecule has 4 rings (SSSR count). The molecule has 0 spiro atoms. The fourth-order valence-electron chi connectivity index (χ4n) is 4.02. The van der Waals surface area contributed by atoms with Gasteiger partial charge in [0, 0.05) is 25.8 Å². The van der Waals surface area contributed by atoms with E-state index in [1.54, 1.807) is 34.2 Å². The molecule has 1 aromatic heterocycles. The summed E-state index contributed by atoms with van der Waals surface area (Å²) in [5.41, 5.74) is 0.299. The average Bonchev–Trinajstić information content (AvgIpc) is 2.81. The van der Waals surface area contributed by atoms with Gasteiger partial charge in [-0.05, 0) is 56.4 Å². The van der Waals surface area contributed by atoms with Gasteiger partial charge in [-0.15, -0.1) is 0 Å². The normalized spacial score (nSPS) is 19.9. The summed E-state index contributed by atoms with van der Waals surface area (Å²) in [6, 6.07) is 10.7. The van der Waals surface area contributed by atoms with Gasteiger partial charge in [-0.25, -0.2) is 4.98 Å². The molecule has 170 valence electrons. The fourth-order valence-corrected chi connectivity index (χ4v) is 4.02. The highest BCUT2D eigenvalue weighted by molar-refractivity contribution is 5.98. The molecule has 0 aliphatic carbocycles. The summed E-state index contributed by atoms with van der Waals surface area (Å²) in [7, 11) is 0. The Hall–Kier alpha value is -3.13. The van der Waals surface area contributed by atoms with Crippen molar-refractivity contribution in [3.63, 3.8) is 0 Å². The maximum Gasteiger partial charge on any atom is 0.259 e. The van der Waals surface area contributed by atoms with E-state index in [0.29, 0.717) is 49.7 Å². The molecule has 1 fully saturated rings. The summed E-state index contributed by atoms with van der Waals surface area (Å²) < 4.78 is 11.9. The Labute approximate surface area is 187 Å². The number of carbonyl (C=O) groups is 2. The number of nitrogens with zero attached hydrogens (tertiary/aromatic N) is 3. The monoisotopic (exact) mass is 439 g/mol. The van der Waals surface area contributed by atoms with Crippen molar-refractivity contribution in [3.8, 4) is 17.4 Å². The molecule has 0 bridgehead atoms. The van der Waals surface area contributed by atoms with Crippen LogP contribution in [0.4, 0.5) is 0 Å². The Morgan fingerprint density at radius 3 is 2.75 bits per heavy atom. The van der Waals surface area contributed by atoms with Gasteiger partial charge in [0.15, 0.2) is 11.5 Å². The van der Waals surface area contributed by atoms with E-state index < -0.39 is 6.10 Å². The van der Waals surface area contributed by atoms with Crippen molar-refractivity contribution >= 4 is 11.8 Å². The minimum atomic E-state index is -0.503. The quantitative estimate of drug-likeness (QED) is 0.774. The van der Waals surface area contributed by atoms with Crippen LogP contribution in [0.5, 0.6) is 17.4 Å². The second kappa shape index (κ2) is 10.5. The van der Waals surface area contributed by atoms with E-state index in [-0.39, 0.29) is 24.2 Å². The number of rotatable bonds is 2. The number of amides is 2. The minimum Gasteiger partial charge on any atom is -0.490 e. The number of aliphatic hydroxyl groups excluding tert-OH is 1. The number of carbonyl (C=O) groups excluding carboxylic acids is 2. The molecule has 8 nitrogen and oxygen atoms in total. The SMILES string of the molecule is O=C(CN1CCCCCOc2ccccc2Oc2ncccc2C1=O)N1CCCC(O)C1. The number of ether oxygens (including phenoxy) is 2. The lowest BCUT2D eigenvalue weighted by Crippen LogP contribution is -2.48. The first-order chi connectivity index (χ1) is 15.6. The number of likely N-dealkylation sites (tertiary alicyclic amines) is 1. The highest BCUT2D eigenvalue weighted by Gasteiger charge is 2.27. The Morgan fingerprint density at radius 1 is 1.06 bits per heavy atom. The minimum absolute atomic E-state index is 0.0347. The lowest BCUT2D eigenvalue weighted by Gasteiger charge is -2.32. The van der Waals surface area contributed by atoms with Crippen LogP contribution in [0, 0.1) is 0 Å². The standard InChI is InChI=1S/C24H29N3O5/c28-18-8-7-14-26(16-18)22(29)17-27-13-4-1-5-15-31-20-10-2-3-11-21(20)32-23-19(24(27)30)9-6-12-25-23/h2-3,6,9-12,18,28H,1,4-5,7-8,13-17H2. The number of aliphatic hydroxyl groups is 1. The summed E-state index contributed by atoms with van der Waals surface area (Å²) in [6.45, 7) is 1.87. The molecule has 8 heteroatoms. The van der Waals surface area contributed by atoms with Crippen molar-refractivity contribution in [1.82, 2.24) is 14.8 Å². The van der Waals surface area contributed by atoms with Gasteiger partial charge >= 0.3 is 0 Å². The zero-order valence-electron chi connectivity index (χ0n) is 18.1. The Balaban J connectivity index is 1.59. The van der Waals surface area contributed by atoms with Gasteiger partial charge in [0.25, 0.3) is 5.91 Å². The van der Waals surface area contributed by atoms with E-state index >= 15 is 0 Å². The smallest absolute Gasteiger partial charge is 0.259 e. The van der Waals surface area contributed by atoms with E-state index in [4.69, 9.17) is 9.47 Å². The highest BCUT2D eigenvalue weighted by Crippen LogP contribution is 2.32. The maximum atomic E-state index is 13.5. The van der Waals surface area contributed by atoms with E-state index in [9.17, 15) is 14.7 Å². The number of aromatic nitrogens is 1. The molecule has 3 heterocycles. The van der Waals surface area contributed by atoms with Crippen LogP contribution in [-0.4, -0.2) is 70.6 Å². The summed E-state index contributed by atoms with van der Waals surface area (Å²) in [4.78, 5) is 33.9. The molecule has 32 heavy (non-hydrogen) atoms. The summed E-state index contributed by atoms with van der Waals surface area (Å²) in [5, 5.41) is 9.92. The molecule has 2 aliphatic heterocycles. The van der Waals surface area contributed by atoms with Crippen molar-refractivity contribution in [1.29, 1.82) is 0 Å². The van der Waals surface area contributed by atoms with Crippen LogP contribution in [0.2, 0.25) is 0 Å². The fraction of sp³-hybridized carbons (Fsp3) is 0.458. The zero-order valence-corrected chi connectivity index (χ0v) is 18.1. The number of hydrogen-bond acceptors (Lipinski definition) is 6. The summed E-state index contributed by atoms with van der Waals surface area (Å²) >= 11 is 0. The largest absolute Gasteiger partial charge is 0.490 e. The Kier molecular flexibility index (Phi) is 7.21. The van der Waals surface area contributed by atoms with Crippen molar-refractivity contribution in [2.75, 3.05) is 32.8 Å². The van der Waals surface area contributed by atoms with Crippen LogP contribution in [0.3, 0.4) is 0 Å². The molecule has 2 aliphatic rings. The first-order valence-corrected chi connectivity index (χ1v) is 11.2. The van der Waals surface area contributed by atoms with Gasteiger partial charge in [-0.2, -0.15) is 0 Å². The maximum absolute atomic E-state index is 13.5. The van der Waals surface area contributed by atoms with Crippen LogP contribution in [0.15, 0.2) is 42.6 Å². The summed E-state index contributed by atoms with van der Waals surface area (Å²) in [6.07, 6.45) is 4.98. The number of fused-ring (bicyclic) bond motifs is 2. The molecule has 0 radical (unpaired) electrons. The number of hydrogen-bond donors (Lipinski definition) is 1. The van der Waals surface area contributed by atoms with Crippen LogP contribution >= 0.6 is 0 Å². The predicted molar refractivity (Wildman–Crippen MR) is 118 cm³/mol. The predicted octanol–water partition coefficient (Wildman–Crippen LogP) is 2.86. The molecule has 2 amide bonds. The van der Waals surface area contributed by atoms with Crippen LogP contribution in [0.25, 0.3) is 0 Å². The lowest BCUT2D eigenvalue weighted by atomic mass is 10.1. The third kappa shape index (κ3) is 5.37. The Morgan fingerprint density at radius 2 is 1.91 bits per heavy atom. The number of benzene rings is 1. The molecule has 1 N–H and O–H groups in total. The number of para-hydroxylation sites is 2.